The Labute approximate surface area is 254 Å². The summed E-state index contributed by atoms with van der Waals surface area (Å²) >= 11 is 6.06. The van der Waals surface area contributed by atoms with Gasteiger partial charge in [0.05, 0.1) is 47.3 Å². The van der Waals surface area contributed by atoms with E-state index in [2.05, 4.69) is 15.4 Å². The predicted molar refractivity (Wildman–Crippen MR) is 161 cm³/mol. The number of carbonyl (C=O) groups is 2. The number of aromatic nitrogens is 3. The minimum Gasteiger partial charge on any atom is -0.490 e. The molecule has 2 aliphatic rings. The Bertz CT molecular complexity index is 1680. The monoisotopic (exact) mass is 603 g/mol. The van der Waals surface area contributed by atoms with Gasteiger partial charge in [0.1, 0.15) is 23.3 Å². The summed E-state index contributed by atoms with van der Waals surface area (Å²) < 4.78 is 13.6. The molecule has 224 valence electrons. The van der Waals surface area contributed by atoms with Crippen molar-refractivity contribution in [2.45, 2.75) is 63.7 Å². The van der Waals surface area contributed by atoms with E-state index in [1.165, 1.54) is 0 Å². The van der Waals surface area contributed by atoms with Gasteiger partial charge in [-0.05, 0) is 81.3 Å². The van der Waals surface area contributed by atoms with Gasteiger partial charge in [-0.25, -0.2) is 9.50 Å². The number of nitrogens with two attached hydrogens (primary N) is 1. The highest BCUT2D eigenvalue weighted by Crippen LogP contribution is 2.57. The van der Waals surface area contributed by atoms with Crippen LogP contribution in [0.25, 0.3) is 16.8 Å². The van der Waals surface area contributed by atoms with Crippen molar-refractivity contribution in [1.82, 2.24) is 19.9 Å². The third-order valence-corrected chi connectivity index (χ3v) is 8.32. The number of ether oxygens (including phenoxy) is 2. The van der Waals surface area contributed by atoms with Gasteiger partial charge >= 0.3 is 0 Å². The van der Waals surface area contributed by atoms with Gasteiger partial charge in [0.2, 0.25) is 5.91 Å². The number of rotatable bonds is 10. The number of benzene rings is 1. The van der Waals surface area contributed by atoms with E-state index < -0.39 is 11.5 Å². The second-order valence-electron chi connectivity index (χ2n) is 12.4. The first-order valence-electron chi connectivity index (χ1n) is 14.3. The number of nitrogens with zero attached hydrogens (tertiary/aromatic N) is 3. The van der Waals surface area contributed by atoms with Crippen molar-refractivity contribution >= 4 is 28.9 Å². The summed E-state index contributed by atoms with van der Waals surface area (Å²) in [5, 5.41) is 17.8. The maximum Gasteiger partial charge on any atom is 0.252 e. The average molecular weight is 604 g/mol. The zero-order valence-corrected chi connectivity index (χ0v) is 24.8. The van der Waals surface area contributed by atoms with Crippen LogP contribution < -0.4 is 20.5 Å². The van der Waals surface area contributed by atoms with Crippen molar-refractivity contribution in [2.75, 3.05) is 6.61 Å². The first kappa shape index (κ1) is 28.9. The number of amides is 2. The topological polar surface area (TPSA) is 141 Å². The van der Waals surface area contributed by atoms with Crippen LogP contribution in [0.1, 0.15) is 55.5 Å². The summed E-state index contributed by atoms with van der Waals surface area (Å²) in [5.74, 6) is 0.446. The lowest BCUT2D eigenvalue weighted by atomic mass is 9.53. The van der Waals surface area contributed by atoms with Crippen molar-refractivity contribution in [2.24, 2.45) is 11.1 Å². The molecule has 2 fully saturated rings. The van der Waals surface area contributed by atoms with E-state index in [0.717, 1.165) is 42.3 Å². The van der Waals surface area contributed by atoms with Gasteiger partial charge in [-0.1, -0.05) is 23.7 Å². The zero-order valence-electron chi connectivity index (χ0n) is 24.0. The molecule has 0 aliphatic heterocycles. The molecule has 0 unspecified atom stereocenters. The summed E-state index contributed by atoms with van der Waals surface area (Å²) in [6, 6.07) is 14.4. The number of hydrogen-bond donors (Lipinski definition) is 3. The third-order valence-electron chi connectivity index (χ3n) is 8.11. The van der Waals surface area contributed by atoms with Gasteiger partial charge in [0, 0.05) is 17.2 Å². The fourth-order valence-corrected chi connectivity index (χ4v) is 6.26. The number of aliphatic hydroxyl groups is 1. The molecule has 2 amide bonds. The van der Waals surface area contributed by atoms with Crippen LogP contribution in [0.5, 0.6) is 11.5 Å². The number of primary amides is 1. The molecule has 0 bridgehead atoms. The summed E-state index contributed by atoms with van der Waals surface area (Å²) in [6.45, 7) is 3.52. The van der Waals surface area contributed by atoms with Crippen LogP contribution in [0.15, 0.2) is 60.9 Å². The molecular weight excluding hydrogens is 570 g/mol. The quantitative estimate of drug-likeness (QED) is 0.229. The molecule has 11 heteroatoms. The number of fused-ring (bicyclic) bond motifs is 1. The van der Waals surface area contributed by atoms with Crippen molar-refractivity contribution in [3.05, 3.63) is 77.2 Å². The van der Waals surface area contributed by atoms with E-state index in [4.69, 9.17) is 26.8 Å². The van der Waals surface area contributed by atoms with Crippen molar-refractivity contribution in [3.8, 4) is 22.8 Å². The predicted octanol–water partition coefficient (Wildman–Crippen LogP) is 4.35. The molecule has 1 spiro atoms. The molecule has 4 aromatic rings. The molecule has 10 nitrogen and oxygen atoms in total. The molecule has 6 rings (SSSR count). The summed E-state index contributed by atoms with van der Waals surface area (Å²) in [4.78, 5) is 29.3. The molecule has 3 aromatic heterocycles. The molecule has 0 atom stereocenters. The van der Waals surface area contributed by atoms with Crippen LogP contribution in [-0.2, 0) is 11.2 Å². The largest absolute Gasteiger partial charge is 0.490 e. The Balaban J connectivity index is 1.00. The van der Waals surface area contributed by atoms with Gasteiger partial charge in [0.25, 0.3) is 5.91 Å². The fraction of sp³-hybridized carbons (Fsp3) is 0.375. The van der Waals surface area contributed by atoms with E-state index in [1.54, 1.807) is 55.0 Å². The Morgan fingerprint density at radius 2 is 1.95 bits per heavy atom. The maximum atomic E-state index is 12.8. The molecule has 1 aromatic carbocycles. The highest BCUT2D eigenvalue weighted by atomic mass is 35.5. The van der Waals surface area contributed by atoms with Crippen LogP contribution in [0, 0.1) is 5.41 Å². The second kappa shape index (κ2) is 11.2. The molecular formula is C32H34ClN5O5. The summed E-state index contributed by atoms with van der Waals surface area (Å²) in [5.41, 5.74) is 8.28. The second-order valence-corrected chi connectivity index (χ2v) is 12.8. The number of nitrogens with one attached hydrogen (secondary N) is 1. The van der Waals surface area contributed by atoms with E-state index in [0.29, 0.717) is 27.9 Å². The van der Waals surface area contributed by atoms with Crippen molar-refractivity contribution in [3.63, 3.8) is 0 Å². The van der Waals surface area contributed by atoms with Crippen LogP contribution in [0.4, 0.5) is 0 Å². The fourth-order valence-electron chi connectivity index (χ4n) is 6.09. The Hall–Kier alpha value is -4.15. The average Bonchev–Trinajstić information content (AvgIpc) is 3.30. The molecule has 2 aliphatic carbocycles. The number of pyridine rings is 2. The lowest BCUT2D eigenvalue weighted by molar-refractivity contribution is -0.126. The molecule has 3 heterocycles. The molecule has 2 saturated carbocycles. The Kier molecular flexibility index (Phi) is 7.52. The zero-order chi connectivity index (χ0) is 30.4. The smallest absolute Gasteiger partial charge is 0.252 e. The standard InChI is InChI=1S/C32H34ClN5O5/c1-31(2,41)18-42-22-7-9-26-20(16-35-38(26)17-22)11-29(39)36-21-12-32(13-21)14-23(15-32)43-27-10-19(6-8-24(27)30(34)40)25-4-3-5-28(33)37-25/h3-10,16-17,21,23,41H,11-15,18H2,1-2H3,(H2,34,40)(H,36,39). The number of carbonyl (C=O) groups excluding carboxylic acids is 2. The first-order chi connectivity index (χ1) is 20.5. The molecule has 0 saturated heterocycles. The minimum atomic E-state index is -0.938. The van der Waals surface area contributed by atoms with Crippen molar-refractivity contribution in [1.29, 1.82) is 0 Å². The normalized spacial score (nSPS) is 21.2. The lowest BCUT2D eigenvalue weighted by Crippen LogP contribution is -2.59. The summed E-state index contributed by atoms with van der Waals surface area (Å²) in [7, 11) is 0. The van der Waals surface area contributed by atoms with Gasteiger partial charge < -0.3 is 25.6 Å². The van der Waals surface area contributed by atoms with Crippen molar-refractivity contribution < 1.29 is 24.2 Å². The molecule has 0 radical (unpaired) electrons. The van der Waals surface area contributed by atoms with Gasteiger partial charge in [-0.15, -0.1) is 0 Å². The first-order valence-corrected chi connectivity index (χ1v) is 14.7. The van der Waals surface area contributed by atoms with E-state index in [-0.39, 0.29) is 36.5 Å². The Morgan fingerprint density at radius 1 is 1.16 bits per heavy atom. The SMILES string of the molecule is CC(C)(O)COc1ccc2c(CC(=O)NC3CC4(C3)CC(Oc3cc(-c5cccc(Cl)n5)ccc3C(N)=O)C4)cnn2c1. The minimum absolute atomic E-state index is 0.0339. The van der Waals surface area contributed by atoms with Gasteiger partial charge in [0.15, 0.2) is 0 Å². The van der Waals surface area contributed by atoms with Crippen LogP contribution >= 0.6 is 11.6 Å². The van der Waals surface area contributed by atoms with Gasteiger partial charge in [-0.3, -0.25) is 9.59 Å². The van der Waals surface area contributed by atoms with E-state index in [9.17, 15) is 14.7 Å². The number of halogens is 1. The molecule has 43 heavy (non-hydrogen) atoms. The molecule has 4 N–H and O–H groups in total. The third kappa shape index (κ3) is 6.45. The highest BCUT2D eigenvalue weighted by molar-refractivity contribution is 6.29. The highest BCUT2D eigenvalue weighted by Gasteiger charge is 2.54. The van der Waals surface area contributed by atoms with E-state index >= 15 is 0 Å². The Morgan fingerprint density at radius 3 is 2.67 bits per heavy atom. The number of hydrogen-bond acceptors (Lipinski definition) is 7. The van der Waals surface area contributed by atoms with Crippen LogP contribution in [0.2, 0.25) is 5.15 Å². The van der Waals surface area contributed by atoms with Crippen LogP contribution in [-0.4, -0.2) is 55.9 Å². The van der Waals surface area contributed by atoms with Gasteiger partial charge in [-0.2, -0.15) is 5.10 Å². The lowest BCUT2D eigenvalue weighted by Gasteiger charge is -2.57. The van der Waals surface area contributed by atoms with E-state index in [1.807, 2.05) is 24.3 Å². The maximum absolute atomic E-state index is 12.8. The summed E-state index contributed by atoms with van der Waals surface area (Å²) in [6.07, 6.45) is 7.12. The van der Waals surface area contributed by atoms with Crippen LogP contribution in [0.3, 0.4) is 0 Å².